The SMILES string of the molecule is Clc1cccc(C2CCN(Cc3nnc4n3CCCC4)C2)c1. The standard InChI is InChI=1S/C17H21ClN4/c18-15-5-3-4-13(10-15)14-7-9-21(11-14)12-17-20-19-16-6-1-2-8-22(16)17/h3-5,10,14H,1-2,6-9,11-12H2. The lowest BCUT2D eigenvalue weighted by molar-refractivity contribution is 0.309. The highest BCUT2D eigenvalue weighted by molar-refractivity contribution is 6.30. The number of hydrogen-bond acceptors (Lipinski definition) is 3. The van der Waals surface area contributed by atoms with Crippen LogP contribution in [-0.4, -0.2) is 32.8 Å². The molecule has 1 aromatic heterocycles. The first-order valence-electron chi connectivity index (χ1n) is 8.18. The molecule has 1 saturated heterocycles. The Labute approximate surface area is 136 Å². The molecule has 5 heteroatoms. The lowest BCUT2D eigenvalue weighted by Crippen LogP contribution is -2.23. The summed E-state index contributed by atoms with van der Waals surface area (Å²) in [4.78, 5) is 2.50. The molecule has 0 amide bonds. The first-order chi connectivity index (χ1) is 10.8. The van der Waals surface area contributed by atoms with Gasteiger partial charge in [0.15, 0.2) is 0 Å². The van der Waals surface area contributed by atoms with Gasteiger partial charge in [-0.3, -0.25) is 4.90 Å². The Hall–Kier alpha value is -1.39. The molecular formula is C17H21ClN4. The maximum Gasteiger partial charge on any atom is 0.147 e. The van der Waals surface area contributed by atoms with Crippen molar-refractivity contribution in [1.29, 1.82) is 0 Å². The molecule has 22 heavy (non-hydrogen) atoms. The number of fused-ring (bicyclic) bond motifs is 1. The Kier molecular flexibility index (Phi) is 3.89. The molecule has 4 nitrogen and oxygen atoms in total. The quantitative estimate of drug-likeness (QED) is 0.871. The Bertz CT molecular complexity index is 666. The van der Waals surface area contributed by atoms with Gasteiger partial charge in [-0.05, 0) is 49.4 Å². The van der Waals surface area contributed by atoms with Crippen molar-refractivity contribution in [3.63, 3.8) is 0 Å². The topological polar surface area (TPSA) is 34.0 Å². The van der Waals surface area contributed by atoms with E-state index in [4.69, 9.17) is 11.6 Å². The average Bonchev–Trinajstić information content (AvgIpc) is 3.16. The zero-order valence-electron chi connectivity index (χ0n) is 12.7. The summed E-state index contributed by atoms with van der Waals surface area (Å²) < 4.78 is 2.33. The van der Waals surface area contributed by atoms with Gasteiger partial charge in [0.2, 0.25) is 0 Å². The van der Waals surface area contributed by atoms with Gasteiger partial charge in [-0.2, -0.15) is 0 Å². The van der Waals surface area contributed by atoms with Crippen molar-refractivity contribution in [1.82, 2.24) is 19.7 Å². The second-order valence-electron chi connectivity index (χ2n) is 6.42. The predicted molar refractivity (Wildman–Crippen MR) is 87.0 cm³/mol. The van der Waals surface area contributed by atoms with Crippen molar-refractivity contribution >= 4 is 11.6 Å². The van der Waals surface area contributed by atoms with Gasteiger partial charge in [0, 0.05) is 24.5 Å². The number of aryl methyl sites for hydroxylation is 1. The minimum Gasteiger partial charge on any atom is -0.314 e. The largest absolute Gasteiger partial charge is 0.314 e. The van der Waals surface area contributed by atoms with Crippen molar-refractivity contribution in [3.05, 3.63) is 46.5 Å². The molecule has 1 aromatic carbocycles. The Morgan fingerprint density at radius 2 is 2.14 bits per heavy atom. The summed E-state index contributed by atoms with van der Waals surface area (Å²) in [5.41, 5.74) is 1.36. The number of rotatable bonds is 3. The zero-order chi connectivity index (χ0) is 14.9. The molecular weight excluding hydrogens is 296 g/mol. The molecule has 0 N–H and O–H groups in total. The molecule has 116 valence electrons. The van der Waals surface area contributed by atoms with Gasteiger partial charge in [-0.25, -0.2) is 0 Å². The summed E-state index contributed by atoms with van der Waals surface area (Å²) in [5, 5.41) is 9.62. The number of hydrogen-bond donors (Lipinski definition) is 0. The zero-order valence-corrected chi connectivity index (χ0v) is 13.5. The molecule has 0 bridgehead atoms. The van der Waals surface area contributed by atoms with Gasteiger partial charge in [0.1, 0.15) is 11.6 Å². The molecule has 2 aliphatic heterocycles. The van der Waals surface area contributed by atoms with Crippen molar-refractivity contribution in [2.24, 2.45) is 0 Å². The number of nitrogens with zero attached hydrogens (tertiary/aromatic N) is 4. The fourth-order valence-electron chi connectivity index (χ4n) is 3.69. The second kappa shape index (κ2) is 6.01. The van der Waals surface area contributed by atoms with Gasteiger partial charge >= 0.3 is 0 Å². The number of benzene rings is 1. The Morgan fingerprint density at radius 3 is 3.05 bits per heavy atom. The van der Waals surface area contributed by atoms with E-state index in [1.165, 1.54) is 30.7 Å². The smallest absolute Gasteiger partial charge is 0.147 e. The summed E-state index contributed by atoms with van der Waals surface area (Å²) >= 11 is 6.12. The van der Waals surface area contributed by atoms with Crippen LogP contribution in [0.2, 0.25) is 5.02 Å². The van der Waals surface area contributed by atoms with Gasteiger partial charge in [-0.15, -0.1) is 10.2 Å². The number of likely N-dealkylation sites (tertiary alicyclic amines) is 1. The maximum absolute atomic E-state index is 6.12. The van der Waals surface area contributed by atoms with E-state index in [2.05, 4.69) is 37.9 Å². The molecule has 2 aliphatic rings. The van der Waals surface area contributed by atoms with Gasteiger partial charge in [-0.1, -0.05) is 23.7 Å². The minimum absolute atomic E-state index is 0.586. The van der Waals surface area contributed by atoms with Crippen molar-refractivity contribution in [2.45, 2.75) is 44.7 Å². The summed E-state index contributed by atoms with van der Waals surface area (Å²) in [7, 11) is 0. The minimum atomic E-state index is 0.586. The highest BCUT2D eigenvalue weighted by atomic mass is 35.5. The molecule has 1 fully saturated rings. The van der Waals surface area contributed by atoms with Crippen LogP contribution in [-0.2, 0) is 19.5 Å². The van der Waals surface area contributed by atoms with E-state index in [-0.39, 0.29) is 0 Å². The summed E-state index contributed by atoms with van der Waals surface area (Å²) in [5.74, 6) is 2.90. The van der Waals surface area contributed by atoms with E-state index in [1.54, 1.807) is 0 Å². The van der Waals surface area contributed by atoms with Crippen molar-refractivity contribution < 1.29 is 0 Å². The van der Waals surface area contributed by atoms with E-state index in [0.29, 0.717) is 5.92 Å². The van der Waals surface area contributed by atoms with E-state index in [0.717, 1.165) is 43.4 Å². The molecule has 1 atom stereocenters. The summed E-state index contributed by atoms with van der Waals surface area (Å²) in [6, 6.07) is 8.29. The average molecular weight is 317 g/mol. The van der Waals surface area contributed by atoms with Gasteiger partial charge < -0.3 is 4.57 Å². The van der Waals surface area contributed by atoms with Crippen LogP contribution in [0.1, 0.15) is 42.4 Å². The molecule has 2 aromatic rings. The van der Waals surface area contributed by atoms with Crippen LogP contribution in [0, 0.1) is 0 Å². The van der Waals surface area contributed by atoms with Crippen LogP contribution in [0.15, 0.2) is 24.3 Å². The molecule has 1 unspecified atom stereocenters. The lowest BCUT2D eigenvalue weighted by atomic mass is 9.99. The van der Waals surface area contributed by atoms with E-state index in [1.807, 2.05) is 6.07 Å². The van der Waals surface area contributed by atoms with Crippen molar-refractivity contribution in [2.75, 3.05) is 13.1 Å². The number of aromatic nitrogens is 3. The number of halogens is 1. The van der Waals surface area contributed by atoms with Gasteiger partial charge in [0.25, 0.3) is 0 Å². The highest BCUT2D eigenvalue weighted by Crippen LogP contribution is 2.29. The third-order valence-electron chi connectivity index (χ3n) is 4.89. The molecule has 3 heterocycles. The van der Waals surface area contributed by atoms with E-state index in [9.17, 15) is 0 Å². The third-order valence-corrected chi connectivity index (χ3v) is 5.13. The van der Waals surface area contributed by atoms with Crippen LogP contribution in [0.5, 0.6) is 0 Å². The highest BCUT2D eigenvalue weighted by Gasteiger charge is 2.26. The fraction of sp³-hybridized carbons (Fsp3) is 0.529. The lowest BCUT2D eigenvalue weighted by Gasteiger charge is -2.19. The van der Waals surface area contributed by atoms with E-state index < -0.39 is 0 Å². The summed E-state index contributed by atoms with van der Waals surface area (Å²) in [6.45, 7) is 4.22. The van der Waals surface area contributed by atoms with Crippen LogP contribution in [0.3, 0.4) is 0 Å². The first kappa shape index (κ1) is 14.2. The molecule has 4 rings (SSSR count). The monoisotopic (exact) mass is 316 g/mol. The van der Waals surface area contributed by atoms with Crippen LogP contribution in [0.4, 0.5) is 0 Å². The second-order valence-corrected chi connectivity index (χ2v) is 6.85. The molecule has 0 spiro atoms. The third kappa shape index (κ3) is 2.77. The fourth-order valence-corrected chi connectivity index (χ4v) is 3.89. The molecule has 0 saturated carbocycles. The maximum atomic E-state index is 6.12. The Morgan fingerprint density at radius 1 is 1.18 bits per heavy atom. The van der Waals surface area contributed by atoms with Gasteiger partial charge in [0.05, 0.1) is 6.54 Å². The van der Waals surface area contributed by atoms with Crippen molar-refractivity contribution in [3.8, 4) is 0 Å². The molecule has 0 aliphatic carbocycles. The van der Waals surface area contributed by atoms with Crippen LogP contribution >= 0.6 is 11.6 Å². The van der Waals surface area contributed by atoms with Crippen LogP contribution in [0.25, 0.3) is 0 Å². The summed E-state index contributed by atoms with van der Waals surface area (Å²) in [6.07, 6.45) is 4.78. The normalized spacial score (nSPS) is 22.0. The Balaban J connectivity index is 1.44. The first-order valence-corrected chi connectivity index (χ1v) is 8.56. The van der Waals surface area contributed by atoms with Crippen LogP contribution < -0.4 is 0 Å². The van der Waals surface area contributed by atoms with E-state index >= 15 is 0 Å². The molecule has 0 radical (unpaired) electrons. The predicted octanol–water partition coefficient (Wildman–Crippen LogP) is 3.26.